The molecule has 2 aromatic carbocycles. The van der Waals surface area contributed by atoms with Crippen molar-refractivity contribution in [2.24, 2.45) is 5.92 Å². The summed E-state index contributed by atoms with van der Waals surface area (Å²) in [6.07, 6.45) is 3.95. The minimum atomic E-state index is -1.26. The van der Waals surface area contributed by atoms with Crippen LogP contribution in [0.25, 0.3) is 0 Å². The molecular formula is C23H24ClF2NO3. The van der Waals surface area contributed by atoms with E-state index in [1.54, 1.807) is 6.07 Å². The second kappa shape index (κ2) is 8.90. The molecule has 1 atom stereocenters. The Bertz CT molecular complexity index is 948. The number of nitrogens with zero attached hydrogens (tertiary/aromatic N) is 1. The van der Waals surface area contributed by atoms with E-state index in [4.69, 9.17) is 16.3 Å². The average molecular weight is 436 g/mol. The van der Waals surface area contributed by atoms with E-state index in [0.717, 1.165) is 49.9 Å². The van der Waals surface area contributed by atoms with Gasteiger partial charge < -0.3 is 9.84 Å². The molecule has 0 aromatic heterocycles. The molecule has 0 bridgehead atoms. The number of likely N-dealkylation sites (tertiary alicyclic amines) is 1. The molecule has 1 aliphatic heterocycles. The minimum Gasteiger partial charge on any atom is -0.493 e. The number of halogens is 3. The number of carboxylic acids is 1. The van der Waals surface area contributed by atoms with Crippen LogP contribution in [0, 0.1) is 17.6 Å². The summed E-state index contributed by atoms with van der Waals surface area (Å²) in [5.41, 5.74) is 1.38. The number of benzene rings is 2. The zero-order valence-electron chi connectivity index (χ0n) is 16.5. The SMILES string of the molecule is O=C(O)c1cc(C2CC2)c(OCC2CCCN(Cc3ccc(F)cc3Cl)C2)cc1F. The molecule has 30 heavy (non-hydrogen) atoms. The molecule has 160 valence electrons. The summed E-state index contributed by atoms with van der Waals surface area (Å²) < 4.78 is 33.5. The third kappa shape index (κ3) is 4.93. The maximum Gasteiger partial charge on any atom is 0.338 e. The van der Waals surface area contributed by atoms with Gasteiger partial charge in [-0.2, -0.15) is 0 Å². The number of hydrogen-bond donors (Lipinski definition) is 1. The van der Waals surface area contributed by atoms with Crippen molar-refractivity contribution in [2.45, 2.75) is 38.1 Å². The third-order valence-corrected chi connectivity index (χ3v) is 6.19. The lowest BCUT2D eigenvalue weighted by Gasteiger charge is -2.33. The average Bonchev–Trinajstić information content (AvgIpc) is 3.54. The number of carbonyl (C=O) groups is 1. The Morgan fingerprint density at radius 1 is 1.20 bits per heavy atom. The van der Waals surface area contributed by atoms with Gasteiger partial charge in [-0.1, -0.05) is 17.7 Å². The molecule has 0 radical (unpaired) electrons. The Morgan fingerprint density at radius 3 is 2.70 bits per heavy atom. The topological polar surface area (TPSA) is 49.8 Å². The number of carboxylic acid groups (broad SMARTS) is 1. The predicted octanol–water partition coefficient (Wildman–Crippen LogP) is 5.48. The standard InChI is InChI=1S/C23H24ClF2NO3/c24-20-8-17(25)6-5-16(20)12-27-7-1-2-14(11-27)13-30-22-10-21(26)19(23(28)29)9-18(22)15-3-4-15/h5-6,8-10,14-15H,1-4,7,11-13H2,(H,28,29). The molecule has 2 aliphatic rings. The zero-order chi connectivity index (χ0) is 21.3. The van der Waals surface area contributed by atoms with E-state index in [0.29, 0.717) is 23.9 Å². The van der Waals surface area contributed by atoms with Gasteiger partial charge in [-0.05, 0) is 67.5 Å². The maximum atomic E-state index is 14.2. The first-order valence-corrected chi connectivity index (χ1v) is 10.6. The van der Waals surface area contributed by atoms with Crippen LogP contribution in [0.4, 0.5) is 8.78 Å². The third-order valence-electron chi connectivity index (χ3n) is 5.83. The Labute approximate surface area is 179 Å². The Balaban J connectivity index is 1.40. The first-order chi connectivity index (χ1) is 14.4. The highest BCUT2D eigenvalue weighted by molar-refractivity contribution is 6.31. The molecular weight excluding hydrogens is 412 g/mol. The van der Waals surface area contributed by atoms with Crippen molar-refractivity contribution in [3.63, 3.8) is 0 Å². The van der Waals surface area contributed by atoms with Crippen LogP contribution in [0.3, 0.4) is 0 Å². The van der Waals surface area contributed by atoms with E-state index >= 15 is 0 Å². The summed E-state index contributed by atoms with van der Waals surface area (Å²) >= 11 is 6.16. The molecule has 7 heteroatoms. The summed E-state index contributed by atoms with van der Waals surface area (Å²) in [4.78, 5) is 13.5. The van der Waals surface area contributed by atoms with Gasteiger partial charge in [-0.25, -0.2) is 13.6 Å². The largest absolute Gasteiger partial charge is 0.493 e. The van der Waals surface area contributed by atoms with Gasteiger partial charge in [0, 0.05) is 30.1 Å². The lowest BCUT2D eigenvalue weighted by Crippen LogP contribution is -2.37. The van der Waals surface area contributed by atoms with Crippen molar-refractivity contribution in [3.05, 3.63) is 63.7 Å². The van der Waals surface area contributed by atoms with Gasteiger partial charge in [0.15, 0.2) is 0 Å². The van der Waals surface area contributed by atoms with Gasteiger partial charge in [-0.15, -0.1) is 0 Å². The molecule has 4 rings (SSSR count). The highest BCUT2D eigenvalue weighted by Crippen LogP contribution is 2.45. The highest BCUT2D eigenvalue weighted by Gasteiger charge is 2.30. The molecule has 2 fully saturated rings. The Hall–Kier alpha value is -2.18. The van der Waals surface area contributed by atoms with Crippen LogP contribution in [-0.4, -0.2) is 35.7 Å². The van der Waals surface area contributed by atoms with Gasteiger partial charge in [-0.3, -0.25) is 4.90 Å². The van der Waals surface area contributed by atoms with Crippen molar-refractivity contribution in [2.75, 3.05) is 19.7 Å². The monoisotopic (exact) mass is 435 g/mol. The number of rotatable bonds is 7. The van der Waals surface area contributed by atoms with Crippen molar-refractivity contribution >= 4 is 17.6 Å². The number of ether oxygens (including phenoxy) is 1. The van der Waals surface area contributed by atoms with Crippen LogP contribution >= 0.6 is 11.6 Å². The number of aromatic carboxylic acids is 1. The molecule has 0 spiro atoms. The van der Waals surface area contributed by atoms with Crippen molar-refractivity contribution in [1.29, 1.82) is 0 Å². The van der Waals surface area contributed by atoms with Crippen molar-refractivity contribution in [3.8, 4) is 5.75 Å². The fourth-order valence-electron chi connectivity index (χ4n) is 4.10. The van der Waals surface area contributed by atoms with Crippen LogP contribution in [0.5, 0.6) is 5.75 Å². The van der Waals surface area contributed by atoms with Crippen molar-refractivity contribution in [1.82, 2.24) is 4.90 Å². The van der Waals surface area contributed by atoms with Gasteiger partial charge in [0.1, 0.15) is 17.4 Å². The smallest absolute Gasteiger partial charge is 0.338 e. The summed E-state index contributed by atoms with van der Waals surface area (Å²) in [5, 5.41) is 9.61. The van der Waals surface area contributed by atoms with Crippen LogP contribution in [0.1, 0.15) is 53.1 Å². The highest BCUT2D eigenvalue weighted by atomic mass is 35.5. The van der Waals surface area contributed by atoms with Crippen LogP contribution < -0.4 is 4.74 Å². The number of piperidine rings is 1. The number of hydrogen-bond acceptors (Lipinski definition) is 3. The first kappa shape index (κ1) is 21.1. The second-order valence-corrected chi connectivity index (χ2v) is 8.65. The quantitative estimate of drug-likeness (QED) is 0.625. The molecule has 1 aliphatic carbocycles. The molecule has 4 nitrogen and oxygen atoms in total. The van der Waals surface area contributed by atoms with Crippen LogP contribution in [-0.2, 0) is 6.54 Å². The first-order valence-electron chi connectivity index (χ1n) is 10.3. The van der Waals surface area contributed by atoms with E-state index in [-0.39, 0.29) is 23.2 Å². The summed E-state index contributed by atoms with van der Waals surface area (Å²) in [6.45, 7) is 2.83. The molecule has 2 aromatic rings. The zero-order valence-corrected chi connectivity index (χ0v) is 17.3. The molecule has 1 heterocycles. The molecule has 1 unspecified atom stereocenters. The van der Waals surface area contributed by atoms with Crippen LogP contribution in [0.15, 0.2) is 30.3 Å². The van der Waals surface area contributed by atoms with E-state index in [1.807, 2.05) is 0 Å². The Morgan fingerprint density at radius 2 is 2.00 bits per heavy atom. The van der Waals surface area contributed by atoms with Gasteiger partial charge in [0.2, 0.25) is 0 Å². The van der Waals surface area contributed by atoms with E-state index in [1.165, 1.54) is 24.3 Å². The molecule has 1 saturated heterocycles. The second-order valence-electron chi connectivity index (χ2n) is 8.24. The van der Waals surface area contributed by atoms with Gasteiger partial charge in [0.25, 0.3) is 0 Å². The fourth-order valence-corrected chi connectivity index (χ4v) is 4.33. The molecule has 1 N–H and O–H groups in total. The van der Waals surface area contributed by atoms with Gasteiger partial charge >= 0.3 is 5.97 Å². The molecule has 0 amide bonds. The van der Waals surface area contributed by atoms with E-state index < -0.39 is 11.8 Å². The maximum absolute atomic E-state index is 14.2. The van der Waals surface area contributed by atoms with E-state index in [9.17, 15) is 18.7 Å². The van der Waals surface area contributed by atoms with Gasteiger partial charge in [0.05, 0.1) is 12.2 Å². The fraction of sp³-hybridized carbons (Fsp3) is 0.435. The summed E-state index contributed by atoms with van der Waals surface area (Å²) in [5.74, 6) is -1.39. The lowest BCUT2D eigenvalue weighted by atomic mass is 9.98. The summed E-state index contributed by atoms with van der Waals surface area (Å²) in [7, 11) is 0. The minimum absolute atomic E-state index is 0.252. The van der Waals surface area contributed by atoms with E-state index in [2.05, 4.69) is 4.90 Å². The normalized spacial score (nSPS) is 19.6. The lowest BCUT2D eigenvalue weighted by molar-refractivity contribution is 0.0691. The molecule has 1 saturated carbocycles. The predicted molar refractivity (Wildman–Crippen MR) is 110 cm³/mol. The Kier molecular flexibility index (Phi) is 6.25. The van der Waals surface area contributed by atoms with Crippen molar-refractivity contribution < 1.29 is 23.4 Å². The van der Waals surface area contributed by atoms with Crippen LogP contribution in [0.2, 0.25) is 5.02 Å². The summed E-state index contributed by atoms with van der Waals surface area (Å²) in [6, 6.07) is 7.10.